The van der Waals surface area contributed by atoms with Crippen LogP contribution in [-0.2, 0) is 4.79 Å². The van der Waals surface area contributed by atoms with E-state index in [-0.39, 0.29) is 11.8 Å². The molecule has 4 nitrogen and oxygen atoms in total. The van der Waals surface area contributed by atoms with Crippen molar-refractivity contribution in [2.45, 2.75) is 18.4 Å². The first kappa shape index (κ1) is 10.6. The molecule has 2 N–H and O–H groups in total. The first-order chi connectivity index (χ1) is 8.07. The molecule has 1 aromatic carbocycles. The zero-order valence-electron chi connectivity index (χ0n) is 9.81. The van der Waals surface area contributed by atoms with Crippen molar-refractivity contribution in [2.75, 3.05) is 25.0 Å². The number of nitrogens with zero attached hydrogens (tertiary/aromatic N) is 1. The van der Waals surface area contributed by atoms with Crippen LogP contribution in [0.5, 0.6) is 0 Å². The van der Waals surface area contributed by atoms with Gasteiger partial charge in [0.2, 0.25) is 5.91 Å². The van der Waals surface area contributed by atoms with Crippen LogP contribution in [-0.4, -0.2) is 41.1 Å². The molecule has 90 valence electrons. The van der Waals surface area contributed by atoms with Gasteiger partial charge in [0.1, 0.15) is 0 Å². The average Bonchev–Trinajstić information content (AvgIpc) is 2.68. The molecule has 0 aromatic heterocycles. The molecule has 2 aliphatic heterocycles. The summed E-state index contributed by atoms with van der Waals surface area (Å²) in [5.74, 6) is 0.0243. The van der Waals surface area contributed by atoms with Gasteiger partial charge in [-0.15, -0.1) is 0 Å². The van der Waals surface area contributed by atoms with Gasteiger partial charge in [-0.1, -0.05) is 18.2 Å². The lowest BCUT2D eigenvalue weighted by Gasteiger charge is -2.45. The summed E-state index contributed by atoms with van der Waals surface area (Å²) in [6.07, 6.45) is 0. The highest BCUT2D eigenvalue weighted by atomic mass is 16.3. The van der Waals surface area contributed by atoms with Crippen LogP contribution < -0.4 is 5.32 Å². The van der Waals surface area contributed by atoms with Crippen LogP contribution in [0.15, 0.2) is 24.3 Å². The number of amides is 1. The monoisotopic (exact) mass is 232 g/mol. The van der Waals surface area contributed by atoms with Crippen molar-refractivity contribution in [3.8, 4) is 0 Å². The number of benzene rings is 1. The lowest BCUT2D eigenvalue weighted by molar-refractivity contribution is -0.153. The lowest BCUT2D eigenvalue weighted by Crippen LogP contribution is -2.62. The van der Waals surface area contributed by atoms with Crippen molar-refractivity contribution in [3.63, 3.8) is 0 Å². The summed E-state index contributed by atoms with van der Waals surface area (Å²) in [7, 11) is 0. The number of fused-ring (bicyclic) bond motifs is 1. The van der Waals surface area contributed by atoms with Crippen molar-refractivity contribution < 1.29 is 9.90 Å². The van der Waals surface area contributed by atoms with E-state index in [0.717, 1.165) is 11.3 Å². The zero-order chi connectivity index (χ0) is 12.0. The molecule has 0 aliphatic carbocycles. The maximum atomic E-state index is 12.3. The van der Waals surface area contributed by atoms with Crippen LogP contribution in [0.2, 0.25) is 0 Å². The Labute approximate surface area is 100 Å². The van der Waals surface area contributed by atoms with Crippen LogP contribution in [0, 0.1) is 0 Å². The summed E-state index contributed by atoms with van der Waals surface area (Å²) < 4.78 is 0. The van der Waals surface area contributed by atoms with Gasteiger partial charge in [0.05, 0.1) is 24.6 Å². The molecule has 0 saturated carbocycles. The van der Waals surface area contributed by atoms with Crippen molar-refractivity contribution >= 4 is 11.6 Å². The molecule has 1 unspecified atom stereocenters. The lowest BCUT2D eigenvalue weighted by atomic mass is 9.92. The van der Waals surface area contributed by atoms with Crippen LogP contribution in [0.3, 0.4) is 0 Å². The fraction of sp³-hybridized carbons (Fsp3) is 0.462. The summed E-state index contributed by atoms with van der Waals surface area (Å²) in [5, 5.41) is 12.9. The maximum absolute atomic E-state index is 12.3. The standard InChI is InChI=1S/C13H16N2O2/c1-13(17)7-15(8-13)12(16)10-6-14-11-5-3-2-4-9(10)11/h2-5,10,14,17H,6-8H2,1H3. The van der Waals surface area contributed by atoms with E-state index >= 15 is 0 Å². The van der Waals surface area contributed by atoms with Crippen LogP contribution in [0.1, 0.15) is 18.4 Å². The van der Waals surface area contributed by atoms with E-state index in [1.165, 1.54) is 0 Å². The number of carbonyl (C=O) groups is 1. The number of likely N-dealkylation sites (tertiary alicyclic amines) is 1. The number of rotatable bonds is 1. The minimum absolute atomic E-state index is 0.0951. The van der Waals surface area contributed by atoms with Crippen LogP contribution in [0.25, 0.3) is 0 Å². The highest BCUT2D eigenvalue weighted by Gasteiger charge is 2.43. The number of anilines is 1. The number of para-hydroxylation sites is 1. The van der Waals surface area contributed by atoms with Gasteiger partial charge in [-0.2, -0.15) is 0 Å². The second-order valence-electron chi connectivity index (χ2n) is 5.21. The maximum Gasteiger partial charge on any atom is 0.232 e. The number of β-amino-alcohol motifs (C(OH)–C–C–N with tert-alkyl or cyclic N) is 1. The minimum atomic E-state index is -0.693. The van der Waals surface area contributed by atoms with Gasteiger partial charge in [-0.25, -0.2) is 0 Å². The largest absolute Gasteiger partial charge is 0.386 e. The van der Waals surface area contributed by atoms with E-state index in [2.05, 4.69) is 5.32 Å². The first-order valence-corrected chi connectivity index (χ1v) is 5.91. The molecule has 1 atom stereocenters. The Morgan fingerprint density at radius 2 is 2.18 bits per heavy atom. The summed E-state index contributed by atoms with van der Waals surface area (Å²) in [4.78, 5) is 14.0. The Hall–Kier alpha value is -1.55. The van der Waals surface area contributed by atoms with E-state index in [9.17, 15) is 9.90 Å². The van der Waals surface area contributed by atoms with E-state index in [0.29, 0.717) is 19.6 Å². The summed E-state index contributed by atoms with van der Waals surface area (Å²) in [6, 6.07) is 7.91. The smallest absolute Gasteiger partial charge is 0.232 e. The number of hydrogen-bond donors (Lipinski definition) is 2. The second-order valence-corrected chi connectivity index (χ2v) is 5.21. The predicted molar refractivity (Wildman–Crippen MR) is 64.9 cm³/mol. The van der Waals surface area contributed by atoms with Gasteiger partial charge in [-0.05, 0) is 18.6 Å². The minimum Gasteiger partial charge on any atom is -0.386 e. The van der Waals surface area contributed by atoms with Crippen molar-refractivity contribution in [2.24, 2.45) is 0 Å². The molecule has 1 aromatic rings. The Morgan fingerprint density at radius 1 is 1.47 bits per heavy atom. The second kappa shape index (κ2) is 3.47. The predicted octanol–water partition coefficient (Wildman–Crippen LogP) is 0.789. The SMILES string of the molecule is CC1(O)CN(C(=O)C2CNc3ccccc32)C1. The van der Waals surface area contributed by atoms with Crippen molar-refractivity contribution in [3.05, 3.63) is 29.8 Å². The molecule has 2 aliphatic rings. The topological polar surface area (TPSA) is 52.6 Å². The Balaban J connectivity index is 1.77. The quantitative estimate of drug-likeness (QED) is 0.752. The molecule has 2 heterocycles. The summed E-state index contributed by atoms with van der Waals surface area (Å²) in [5.41, 5.74) is 1.43. The van der Waals surface area contributed by atoms with Crippen LogP contribution in [0.4, 0.5) is 5.69 Å². The van der Waals surface area contributed by atoms with E-state index < -0.39 is 5.60 Å². The van der Waals surface area contributed by atoms with E-state index in [1.54, 1.807) is 11.8 Å². The van der Waals surface area contributed by atoms with Crippen molar-refractivity contribution in [1.82, 2.24) is 4.90 Å². The number of hydrogen-bond acceptors (Lipinski definition) is 3. The van der Waals surface area contributed by atoms with E-state index in [4.69, 9.17) is 0 Å². The molecule has 4 heteroatoms. The van der Waals surface area contributed by atoms with Gasteiger partial charge in [0.15, 0.2) is 0 Å². The molecule has 17 heavy (non-hydrogen) atoms. The Morgan fingerprint density at radius 3 is 2.88 bits per heavy atom. The van der Waals surface area contributed by atoms with Gasteiger partial charge in [-0.3, -0.25) is 4.79 Å². The molecular weight excluding hydrogens is 216 g/mol. The number of carbonyl (C=O) groups excluding carboxylic acids is 1. The fourth-order valence-electron chi connectivity index (χ4n) is 2.66. The number of aliphatic hydroxyl groups is 1. The van der Waals surface area contributed by atoms with Gasteiger partial charge in [0, 0.05) is 12.2 Å². The molecular formula is C13H16N2O2. The highest BCUT2D eigenvalue weighted by molar-refractivity contribution is 5.88. The Bertz CT molecular complexity index is 462. The number of nitrogens with one attached hydrogen (secondary N) is 1. The molecule has 1 fully saturated rings. The summed E-state index contributed by atoms with van der Waals surface area (Å²) >= 11 is 0. The highest BCUT2D eigenvalue weighted by Crippen LogP contribution is 2.34. The molecule has 1 saturated heterocycles. The molecule has 0 radical (unpaired) electrons. The molecule has 0 bridgehead atoms. The fourth-order valence-corrected chi connectivity index (χ4v) is 2.66. The van der Waals surface area contributed by atoms with Gasteiger partial charge < -0.3 is 15.3 Å². The third-order valence-electron chi connectivity index (χ3n) is 3.51. The van der Waals surface area contributed by atoms with Crippen molar-refractivity contribution in [1.29, 1.82) is 0 Å². The Kier molecular flexibility index (Phi) is 2.16. The third kappa shape index (κ3) is 1.69. The first-order valence-electron chi connectivity index (χ1n) is 5.91. The zero-order valence-corrected chi connectivity index (χ0v) is 9.81. The molecule has 0 spiro atoms. The molecule has 3 rings (SSSR count). The van der Waals surface area contributed by atoms with Crippen LogP contribution >= 0.6 is 0 Å². The normalized spacial score (nSPS) is 24.8. The molecule has 1 amide bonds. The average molecular weight is 232 g/mol. The van der Waals surface area contributed by atoms with E-state index in [1.807, 2.05) is 24.3 Å². The summed E-state index contributed by atoms with van der Waals surface area (Å²) in [6.45, 7) is 3.32. The van der Waals surface area contributed by atoms with Gasteiger partial charge >= 0.3 is 0 Å². The third-order valence-corrected chi connectivity index (χ3v) is 3.51. The van der Waals surface area contributed by atoms with Gasteiger partial charge in [0.25, 0.3) is 0 Å².